The van der Waals surface area contributed by atoms with Crippen molar-refractivity contribution in [1.82, 2.24) is 0 Å². The van der Waals surface area contributed by atoms with Crippen molar-refractivity contribution in [3.8, 4) is 0 Å². The Balaban J connectivity index is 2.02. The van der Waals surface area contributed by atoms with Gasteiger partial charge in [0, 0.05) is 22.9 Å². The number of benzene rings is 2. The maximum atomic E-state index is 12.5. The van der Waals surface area contributed by atoms with Crippen LogP contribution in [0.15, 0.2) is 46.9 Å². The van der Waals surface area contributed by atoms with Crippen LogP contribution in [0.4, 0.5) is 11.4 Å². The molecule has 1 aliphatic rings. The monoisotopic (exact) mass is 330 g/mol. The Bertz CT molecular complexity index is 670. The maximum absolute atomic E-state index is 12.5. The Morgan fingerprint density at radius 2 is 1.95 bits per heavy atom. The topological polar surface area (TPSA) is 46.3 Å². The van der Waals surface area contributed by atoms with Crippen molar-refractivity contribution < 1.29 is 4.79 Å². The van der Waals surface area contributed by atoms with Crippen LogP contribution in [0.2, 0.25) is 0 Å². The molecule has 1 atom stereocenters. The number of likely N-dealkylation sites (N-methyl/N-ethyl adjacent to an activating group) is 1. The fourth-order valence-corrected chi connectivity index (χ4v) is 3.06. The van der Waals surface area contributed by atoms with E-state index in [-0.39, 0.29) is 11.8 Å². The Hall–Kier alpha value is -1.81. The Kier molecular flexibility index (Phi) is 3.26. The van der Waals surface area contributed by atoms with Gasteiger partial charge >= 0.3 is 0 Å². The molecule has 2 aromatic rings. The normalized spacial score (nSPS) is 17.4. The molecule has 1 heterocycles. The summed E-state index contributed by atoms with van der Waals surface area (Å²) in [7, 11) is 1.81. The molecular weight excluding hydrogens is 316 g/mol. The third-order valence-electron chi connectivity index (χ3n) is 3.79. The van der Waals surface area contributed by atoms with Crippen LogP contribution in [-0.2, 0) is 11.2 Å². The van der Waals surface area contributed by atoms with Gasteiger partial charge < -0.3 is 10.6 Å². The van der Waals surface area contributed by atoms with Gasteiger partial charge in [-0.15, -0.1) is 0 Å². The summed E-state index contributed by atoms with van der Waals surface area (Å²) in [6.07, 6.45) is 0.716. The molecule has 0 radical (unpaired) electrons. The van der Waals surface area contributed by atoms with Crippen LogP contribution in [0.5, 0.6) is 0 Å². The van der Waals surface area contributed by atoms with E-state index in [9.17, 15) is 4.79 Å². The predicted octanol–water partition coefficient (Wildman–Crippen LogP) is 3.33. The summed E-state index contributed by atoms with van der Waals surface area (Å²) in [5, 5.41) is 0. The fourth-order valence-electron chi connectivity index (χ4n) is 2.70. The van der Waals surface area contributed by atoms with Crippen molar-refractivity contribution in [2.45, 2.75) is 12.3 Å². The number of amides is 1. The Morgan fingerprint density at radius 1 is 1.25 bits per heavy atom. The average molecular weight is 331 g/mol. The lowest BCUT2D eigenvalue weighted by molar-refractivity contribution is -0.119. The number of nitrogen functional groups attached to an aromatic ring is 1. The summed E-state index contributed by atoms with van der Waals surface area (Å²) >= 11 is 3.45. The van der Waals surface area contributed by atoms with E-state index in [1.165, 1.54) is 5.56 Å². The van der Waals surface area contributed by atoms with E-state index in [1.807, 2.05) is 30.3 Å². The number of hydrogen-bond acceptors (Lipinski definition) is 2. The maximum Gasteiger partial charge on any atom is 0.234 e. The number of nitrogens with zero attached hydrogens (tertiary/aromatic N) is 1. The molecule has 2 aromatic carbocycles. The molecule has 1 unspecified atom stereocenters. The van der Waals surface area contributed by atoms with Crippen molar-refractivity contribution in [3.05, 3.63) is 58.1 Å². The number of carbonyl (C=O) groups is 1. The van der Waals surface area contributed by atoms with Gasteiger partial charge in [0.15, 0.2) is 0 Å². The molecule has 4 heteroatoms. The zero-order valence-electron chi connectivity index (χ0n) is 11.1. The second-order valence-corrected chi connectivity index (χ2v) is 5.93. The number of fused-ring (bicyclic) bond motifs is 1. The van der Waals surface area contributed by atoms with Crippen LogP contribution < -0.4 is 10.6 Å². The highest BCUT2D eigenvalue weighted by molar-refractivity contribution is 9.10. The second-order valence-electron chi connectivity index (χ2n) is 5.07. The van der Waals surface area contributed by atoms with Crippen molar-refractivity contribution in [3.63, 3.8) is 0 Å². The molecule has 0 aromatic heterocycles. The van der Waals surface area contributed by atoms with Gasteiger partial charge in [-0.3, -0.25) is 4.79 Å². The van der Waals surface area contributed by atoms with Crippen LogP contribution in [0, 0.1) is 0 Å². The molecule has 102 valence electrons. The van der Waals surface area contributed by atoms with E-state index in [0.29, 0.717) is 12.1 Å². The van der Waals surface area contributed by atoms with Gasteiger partial charge in [-0.25, -0.2) is 0 Å². The first-order valence-electron chi connectivity index (χ1n) is 6.48. The van der Waals surface area contributed by atoms with Gasteiger partial charge in [-0.05, 0) is 45.6 Å². The van der Waals surface area contributed by atoms with E-state index in [1.54, 1.807) is 11.9 Å². The molecule has 1 aliphatic heterocycles. The van der Waals surface area contributed by atoms with Gasteiger partial charge in [0.2, 0.25) is 5.91 Å². The Morgan fingerprint density at radius 3 is 2.65 bits per heavy atom. The highest BCUT2D eigenvalue weighted by Crippen LogP contribution is 2.41. The predicted molar refractivity (Wildman–Crippen MR) is 84.9 cm³/mol. The van der Waals surface area contributed by atoms with E-state index < -0.39 is 0 Å². The molecule has 0 saturated heterocycles. The number of anilines is 2. The van der Waals surface area contributed by atoms with Crippen molar-refractivity contribution in [1.29, 1.82) is 0 Å². The first-order valence-corrected chi connectivity index (χ1v) is 7.27. The van der Waals surface area contributed by atoms with Crippen molar-refractivity contribution >= 4 is 33.2 Å². The molecular formula is C16H15BrN2O. The van der Waals surface area contributed by atoms with Gasteiger partial charge in [-0.1, -0.05) is 30.3 Å². The number of halogens is 1. The van der Waals surface area contributed by atoms with Crippen LogP contribution in [-0.4, -0.2) is 13.0 Å². The van der Waals surface area contributed by atoms with Gasteiger partial charge in [0.05, 0.1) is 5.92 Å². The number of rotatable bonds is 2. The average Bonchev–Trinajstić information content (AvgIpc) is 2.66. The van der Waals surface area contributed by atoms with E-state index >= 15 is 0 Å². The summed E-state index contributed by atoms with van der Waals surface area (Å²) in [4.78, 5) is 14.2. The summed E-state index contributed by atoms with van der Waals surface area (Å²) in [5.41, 5.74) is 9.69. The number of carbonyl (C=O) groups excluding carboxylic acids is 1. The van der Waals surface area contributed by atoms with Crippen molar-refractivity contribution in [2.24, 2.45) is 0 Å². The second kappa shape index (κ2) is 4.94. The largest absolute Gasteiger partial charge is 0.398 e. The lowest BCUT2D eigenvalue weighted by Crippen LogP contribution is -2.24. The smallest absolute Gasteiger partial charge is 0.234 e. The van der Waals surface area contributed by atoms with E-state index in [0.717, 1.165) is 15.7 Å². The van der Waals surface area contributed by atoms with E-state index in [4.69, 9.17) is 5.73 Å². The first kappa shape index (κ1) is 13.2. The van der Waals surface area contributed by atoms with Crippen molar-refractivity contribution in [2.75, 3.05) is 17.7 Å². The molecule has 3 nitrogen and oxygen atoms in total. The first-order chi connectivity index (χ1) is 9.58. The number of hydrogen-bond donors (Lipinski definition) is 1. The fraction of sp³-hybridized carbons (Fsp3) is 0.188. The summed E-state index contributed by atoms with van der Waals surface area (Å²) in [5.74, 6) is -0.00402. The quantitative estimate of drug-likeness (QED) is 0.858. The molecule has 0 aliphatic carbocycles. The van der Waals surface area contributed by atoms with Crippen LogP contribution in [0.3, 0.4) is 0 Å². The summed E-state index contributed by atoms with van der Waals surface area (Å²) in [6.45, 7) is 0. The highest BCUT2D eigenvalue weighted by atomic mass is 79.9. The molecule has 1 amide bonds. The zero-order valence-corrected chi connectivity index (χ0v) is 12.7. The molecule has 20 heavy (non-hydrogen) atoms. The van der Waals surface area contributed by atoms with Gasteiger partial charge in [-0.2, -0.15) is 0 Å². The minimum Gasteiger partial charge on any atom is -0.398 e. The van der Waals surface area contributed by atoms with Crippen LogP contribution in [0.1, 0.15) is 17.0 Å². The lowest BCUT2D eigenvalue weighted by Gasteiger charge is -2.11. The lowest BCUT2D eigenvalue weighted by atomic mass is 9.93. The third kappa shape index (κ3) is 2.10. The third-order valence-corrected chi connectivity index (χ3v) is 4.48. The standard InChI is InChI=1S/C16H15BrN2O/c1-19-15-9-14(18)13(17)8-11(15)12(16(19)20)7-10-5-3-2-4-6-10/h2-6,8-9,12H,7,18H2,1H3. The van der Waals surface area contributed by atoms with Crippen LogP contribution >= 0.6 is 15.9 Å². The zero-order chi connectivity index (χ0) is 14.3. The van der Waals surface area contributed by atoms with Crippen LogP contribution in [0.25, 0.3) is 0 Å². The summed E-state index contributed by atoms with van der Waals surface area (Å²) in [6, 6.07) is 13.9. The minimum absolute atomic E-state index is 0.126. The molecule has 0 saturated carbocycles. The Labute approximate surface area is 126 Å². The molecule has 0 spiro atoms. The SMILES string of the molecule is CN1C(=O)C(Cc2ccccc2)c2cc(Br)c(N)cc21. The van der Waals surface area contributed by atoms with E-state index in [2.05, 4.69) is 28.1 Å². The molecule has 0 fully saturated rings. The molecule has 3 rings (SSSR count). The van der Waals surface area contributed by atoms with Gasteiger partial charge in [0.25, 0.3) is 0 Å². The molecule has 2 N–H and O–H groups in total. The summed E-state index contributed by atoms with van der Waals surface area (Å²) < 4.78 is 0.845. The molecule has 0 bridgehead atoms. The van der Waals surface area contributed by atoms with Gasteiger partial charge in [0.1, 0.15) is 0 Å². The minimum atomic E-state index is -0.130. The highest BCUT2D eigenvalue weighted by Gasteiger charge is 2.35. The number of nitrogens with two attached hydrogens (primary N) is 1.